The number of aliphatic hydroxyl groups is 1. The second-order valence-electron chi connectivity index (χ2n) is 6.14. The summed E-state index contributed by atoms with van der Waals surface area (Å²) >= 11 is 12.0. The molecule has 1 amide bonds. The molecular weight excluding hydrogens is 385 g/mol. The average Bonchev–Trinajstić information content (AvgIpc) is 2.68. The van der Waals surface area contributed by atoms with Gasteiger partial charge in [0.15, 0.2) is 0 Å². The number of halogens is 2. The summed E-state index contributed by atoms with van der Waals surface area (Å²) in [5, 5.41) is 15.6. The lowest BCUT2D eigenvalue weighted by Gasteiger charge is -2.14. The van der Waals surface area contributed by atoms with Crippen molar-refractivity contribution >= 4 is 39.9 Å². The van der Waals surface area contributed by atoms with E-state index in [0.29, 0.717) is 15.8 Å². The van der Waals surface area contributed by atoms with Crippen LogP contribution in [0, 0.1) is 0 Å². The highest BCUT2D eigenvalue weighted by atomic mass is 35.5. The maximum Gasteiger partial charge on any atom is 0.224 e. The van der Waals surface area contributed by atoms with Crippen LogP contribution in [0.4, 0.5) is 0 Å². The molecular formula is C21H19Cl2NO3. The van der Waals surface area contributed by atoms with E-state index in [0.717, 1.165) is 16.3 Å². The van der Waals surface area contributed by atoms with Crippen LogP contribution in [-0.2, 0) is 11.2 Å². The summed E-state index contributed by atoms with van der Waals surface area (Å²) in [6, 6.07) is 18.8. The number of carbonyl (C=O) groups excluding carboxylic acids is 1. The molecule has 27 heavy (non-hydrogen) atoms. The number of nitrogens with one attached hydrogen (secondary N) is 1. The minimum Gasteiger partial charge on any atom is -0.489 e. The van der Waals surface area contributed by atoms with Gasteiger partial charge in [0, 0.05) is 6.54 Å². The van der Waals surface area contributed by atoms with Crippen molar-refractivity contribution in [3.05, 3.63) is 76.3 Å². The summed E-state index contributed by atoms with van der Waals surface area (Å²) in [4.78, 5) is 12.2. The van der Waals surface area contributed by atoms with Crippen LogP contribution in [0.2, 0.25) is 10.0 Å². The molecule has 0 heterocycles. The molecule has 4 nitrogen and oxygen atoms in total. The van der Waals surface area contributed by atoms with Gasteiger partial charge in [0.25, 0.3) is 0 Å². The van der Waals surface area contributed by atoms with Gasteiger partial charge in [-0.2, -0.15) is 0 Å². The van der Waals surface area contributed by atoms with E-state index in [4.69, 9.17) is 27.9 Å². The molecule has 1 atom stereocenters. The number of aliphatic hydroxyl groups excluding tert-OH is 1. The Hall–Kier alpha value is -2.27. The highest BCUT2D eigenvalue weighted by molar-refractivity contribution is 6.42. The van der Waals surface area contributed by atoms with Crippen molar-refractivity contribution < 1.29 is 14.6 Å². The van der Waals surface area contributed by atoms with Crippen LogP contribution in [0.5, 0.6) is 5.75 Å². The molecule has 2 N–H and O–H groups in total. The molecule has 3 aromatic rings. The number of rotatable bonds is 7. The molecule has 0 bridgehead atoms. The van der Waals surface area contributed by atoms with Gasteiger partial charge in [-0.3, -0.25) is 4.79 Å². The summed E-state index contributed by atoms with van der Waals surface area (Å²) < 4.78 is 5.47. The molecule has 0 aliphatic rings. The molecule has 0 radical (unpaired) electrons. The molecule has 0 saturated carbocycles. The Bertz CT molecular complexity index is 940. The van der Waals surface area contributed by atoms with E-state index in [2.05, 4.69) is 5.32 Å². The van der Waals surface area contributed by atoms with E-state index in [-0.39, 0.29) is 25.5 Å². The van der Waals surface area contributed by atoms with Crippen LogP contribution in [0.15, 0.2) is 60.7 Å². The third kappa shape index (κ3) is 5.13. The van der Waals surface area contributed by atoms with Crippen LogP contribution in [0.25, 0.3) is 10.8 Å². The maximum atomic E-state index is 12.2. The molecule has 0 aliphatic heterocycles. The first kappa shape index (κ1) is 19.5. The van der Waals surface area contributed by atoms with E-state index in [1.165, 1.54) is 0 Å². The third-order valence-corrected chi connectivity index (χ3v) is 4.91. The van der Waals surface area contributed by atoms with E-state index in [1.54, 1.807) is 18.2 Å². The molecule has 0 spiro atoms. The predicted molar refractivity (Wildman–Crippen MR) is 109 cm³/mol. The molecule has 6 heteroatoms. The van der Waals surface area contributed by atoms with Crippen LogP contribution < -0.4 is 10.1 Å². The summed E-state index contributed by atoms with van der Waals surface area (Å²) in [6.45, 7) is 0.0798. The number of fused-ring (bicyclic) bond motifs is 1. The van der Waals surface area contributed by atoms with E-state index < -0.39 is 6.10 Å². The molecule has 0 aliphatic carbocycles. The molecule has 3 rings (SSSR count). The number of benzene rings is 3. The molecule has 0 fully saturated rings. The van der Waals surface area contributed by atoms with Gasteiger partial charge in [0.2, 0.25) is 5.91 Å². The molecule has 1 unspecified atom stereocenters. The van der Waals surface area contributed by atoms with Gasteiger partial charge < -0.3 is 15.2 Å². The fourth-order valence-corrected chi connectivity index (χ4v) is 3.10. The average molecular weight is 404 g/mol. The fourth-order valence-electron chi connectivity index (χ4n) is 2.75. The van der Waals surface area contributed by atoms with Gasteiger partial charge in [0.1, 0.15) is 23.5 Å². The summed E-state index contributed by atoms with van der Waals surface area (Å²) in [7, 11) is 0. The number of hydrogen-bond acceptors (Lipinski definition) is 3. The molecule has 0 saturated heterocycles. The smallest absolute Gasteiger partial charge is 0.224 e. The van der Waals surface area contributed by atoms with Crippen molar-refractivity contribution in [3.63, 3.8) is 0 Å². The lowest BCUT2D eigenvalue weighted by Crippen LogP contribution is -2.36. The van der Waals surface area contributed by atoms with Gasteiger partial charge in [-0.05, 0) is 28.5 Å². The Morgan fingerprint density at radius 3 is 2.63 bits per heavy atom. The minimum absolute atomic E-state index is 0.00535. The van der Waals surface area contributed by atoms with Crippen LogP contribution in [0.3, 0.4) is 0 Å². The SMILES string of the molecule is O=C(Cc1cccc2ccccc12)NCC(O)COc1cccc(Cl)c1Cl. The standard InChI is InChI=1S/C21H19Cl2NO3/c22-18-9-4-10-19(21(18)23)27-13-16(25)12-24-20(26)11-15-7-3-6-14-5-1-2-8-17(14)15/h1-10,16,25H,11-13H2,(H,24,26). The molecule has 0 aromatic heterocycles. The van der Waals surface area contributed by atoms with Crippen molar-refractivity contribution in [2.45, 2.75) is 12.5 Å². The molecule has 3 aromatic carbocycles. The van der Waals surface area contributed by atoms with Crippen LogP contribution in [0.1, 0.15) is 5.56 Å². The summed E-state index contributed by atoms with van der Waals surface area (Å²) in [5.41, 5.74) is 0.946. The minimum atomic E-state index is -0.864. The summed E-state index contributed by atoms with van der Waals surface area (Å²) in [5.74, 6) is 0.233. The molecule has 140 valence electrons. The topological polar surface area (TPSA) is 58.6 Å². The first-order valence-electron chi connectivity index (χ1n) is 8.53. The van der Waals surface area contributed by atoms with E-state index in [1.807, 2.05) is 42.5 Å². The van der Waals surface area contributed by atoms with Gasteiger partial charge in [0.05, 0.1) is 11.4 Å². The van der Waals surface area contributed by atoms with Crippen molar-refractivity contribution in [1.29, 1.82) is 0 Å². The first-order valence-corrected chi connectivity index (χ1v) is 9.28. The van der Waals surface area contributed by atoms with Gasteiger partial charge in [-0.1, -0.05) is 71.7 Å². The van der Waals surface area contributed by atoms with Gasteiger partial charge in [-0.15, -0.1) is 0 Å². The van der Waals surface area contributed by atoms with Crippen molar-refractivity contribution in [2.75, 3.05) is 13.2 Å². The largest absolute Gasteiger partial charge is 0.489 e. The Kier molecular flexibility index (Phi) is 6.56. The predicted octanol–water partition coefficient (Wildman–Crippen LogP) is 4.25. The Balaban J connectivity index is 1.50. The fraction of sp³-hybridized carbons (Fsp3) is 0.190. The maximum absolute atomic E-state index is 12.2. The van der Waals surface area contributed by atoms with Gasteiger partial charge >= 0.3 is 0 Å². The van der Waals surface area contributed by atoms with Crippen LogP contribution >= 0.6 is 23.2 Å². The van der Waals surface area contributed by atoms with E-state index in [9.17, 15) is 9.90 Å². The lowest BCUT2D eigenvalue weighted by molar-refractivity contribution is -0.120. The monoisotopic (exact) mass is 403 g/mol. The highest BCUT2D eigenvalue weighted by Crippen LogP contribution is 2.31. The Morgan fingerprint density at radius 1 is 1.04 bits per heavy atom. The normalized spacial score (nSPS) is 12.0. The van der Waals surface area contributed by atoms with Crippen LogP contribution in [-0.4, -0.2) is 30.3 Å². The Labute approximate surface area is 167 Å². The second-order valence-corrected chi connectivity index (χ2v) is 6.92. The number of carbonyl (C=O) groups is 1. The third-order valence-electron chi connectivity index (χ3n) is 4.11. The first-order chi connectivity index (χ1) is 13.0. The van der Waals surface area contributed by atoms with Gasteiger partial charge in [-0.25, -0.2) is 0 Å². The number of ether oxygens (including phenoxy) is 1. The quantitative estimate of drug-likeness (QED) is 0.619. The van der Waals surface area contributed by atoms with Crippen molar-refractivity contribution in [3.8, 4) is 5.75 Å². The Morgan fingerprint density at radius 2 is 1.78 bits per heavy atom. The second kappa shape index (κ2) is 9.09. The highest BCUT2D eigenvalue weighted by Gasteiger charge is 2.12. The zero-order chi connectivity index (χ0) is 19.2. The number of hydrogen-bond donors (Lipinski definition) is 2. The van der Waals surface area contributed by atoms with Crippen molar-refractivity contribution in [1.82, 2.24) is 5.32 Å². The van der Waals surface area contributed by atoms with E-state index >= 15 is 0 Å². The number of amides is 1. The van der Waals surface area contributed by atoms with Crippen molar-refractivity contribution in [2.24, 2.45) is 0 Å². The lowest BCUT2D eigenvalue weighted by atomic mass is 10.0. The zero-order valence-corrected chi connectivity index (χ0v) is 16.0. The summed E-state index contributed by atoms with van der Waals surface area (Å²) in [6.07, 6.45) is -0.619. The zero-order valence-electron chi connectivity index (χ0n) is 14.5.